The van der Waals surface area contributed by atoms with Crippen LogP contribution in [0.2, 0.25) is 10.0 Å². The van der Waals surface area contributed by atoms with E-state index in [0.717, 1.165) is 22.2 Å². The quantitative estimate of drug-likeness (QED) is 0.410. The van der Waals surface area contributed by atoms with Gasteiger partial charge in [0.2, 0.25) is 0 Å². The van der Waals surface area contributed by atoms with Crippen molar-refractivity contribution in [3.63, 3.8) is 0 Å². The fourth-order valence-electron chi connectivity index (χ4n) is 5.46. The van der Waals surface area contributed by atoms with Crippen molar-refractivity contribution in [3.05, 3.63) is 45.5 Å². The van der Waals surface area contributed by atoms with Crippen molar-refractivity contribution in [3.8, 4) is 0 Å². The van der Waals surface area contributed by atoms with Crippen LogP contribution in [0, 0.1) is 11.3 Å². The Labute approximate surface area is 227 Å². The van der Waals surface area contributed by atoms with E-state index in [1.165, 1.54) is 12.4 Å². The van der Waals surface area contributed by atoms with Crippen LogP contribution in [0.4, 0.5) is 13.2 Å². The Morgan fingerprint density at radius 1 is 1.08 bits per heavy atom. The summed E-state index contributed by atoms with van der Waals surface area (Å²) in [6.45, 7) is 3.24. The number of Topliss-reactive ketones (excluding diaryl/α,β-unsaturated/α-hetero) is 1. The minimum Gasteiger partial charge on any atom is -0.481 e. The fourth-order valence-corrected chi connectivity index (χ4v) is 6.04. The number of aliphatic carboxylic acids is 1. The Hall–Kier alpha value is -2.66. The third kappa shape index (κ3) is 5.40. The molecular formula is C25H27Cl2F3N4O4. The number of carboxylic acids is 1. The van der Waals surface area contributed by atoms with E-state index in [1.54, 1.807) is 0 Å². The number of carbonyl (C=O) groups excluding carboxylic acids is 2. The molecule has 1 atom stereocenters. The van der Waals surface area contributed by atoms with Crippen LogP contribution in [-0.4, -0.2) is 55.0 Å². The molecule has 2 fully saturated rings. The molecule has 13 heteroatoms. The van der Waals surface area contributed by atoms with E-state index in [0.29, 0.717) is 6.42 Å². The first-order valence-electron chi connectivity index (χ1n) is 12.2. The Morgan fingerprint density at radius 2 is 1.68 bits per heavy atom. The highest BCUT2D eigenvalue weighted by atomic mass is 35.5. The van der Waals surface area contributed by atoms with Gasteiger partial charge in [0, 0.05) is 18.4 Å². The molecule has 38 heavy (non-hydrogen) atoms. The van der Waals surface area contributed by atoms with Crippen molar-refractivity contribution in [2.24, 2.45) is 11.3 Å². The Bertz CT molecular complexity index is 1240. The minimum atomic E-state index is -4.91. The number of alkyl halides is 3. The van der Waals surface area contributed by atoms with E-state index in [9.17, 15) is 32.7 Å². The normalized spacial score (nSPS) is 23.0. The topological polar surface area (TPSA) is 105 Å². The maximum Gasteiger partial charge on any atom is 0.433 e. The number of pyridine rings is 1. The summed E-state index contributed by atoms with van der Waals surface area (Å²) in [5, 5.41) is 13.1. The summed E-state index contributed by atoms with van der Waals surface area (Å²) in [6.07, 6.45) is 0.477. The fraction of sp³-hybridized carbons (Fsp3) is 0.560. The van der Waals surface area contributed by atoms with Gasteiger partial charge in [0.1, 0.15) is 0 Å². The molecule has 0 aliphatic heterocycles. The van der Waals surface area contributed by atoms with Gasteiger partial charge in [0.25, 0.3) is 5.91 Å². The molecular weight excluding hydrogens is 548 g/mol. The van der Waals surface area contributed by atoms with Crippen molar-refractivity contribution in [1.82, 2.24) is 19.7 Å². The molecule has 1 N–H and O–H groups in total. The average Bonchev–Trinajstić information content (AvgIpc) is 3.28. The molecule has 1 amide bonds. The molecule has 2 aromatic rings. The largest absolute Gasteiger partial charge is 0.481 e. The molecule has 0 bridgehead atoms. The molecule has 0 unspecified atom stereocenters. The highest BCUT2D eigenvalue weighted by Gasteiger charge is 2.48. The van der Waals surface area contributed by atoms with Gasteiger partial charge in [0.15, 0.2) is 11.5 Å². The van der Waals surface area contributed by atoms with Crippen LogP contribution in [0.3, 0.4) is 0 Å². The summed E-state index contributed by atoms with van der Waals surface area (Å²) < 4.78 is 43.9. The first-order chi connectivity index (χ1) is 17.7. The van der Waals surface area contributed by atoms with Gasteiger partial charge >= 0.3 is 12.1 Å². The predicted octanol–water partition coefficient (Wildman–Crippen LogP) is 5.93. The molecule has 2 aliphatic rings. The van der Waals surface area contributed by atoms with Crippen molar-refractivity contribution in [2.75, 3.05) is 6.54 Å². The molecule has 2 heterocycles. The van der Waals surface area contributed by atoms with Crippen LogP contribution >= 0.6 is 23.2 Å². The van der Waals surface area contributed by atoms with Crippen LogP contribution in [0.1, 0.15) is 84.8 Å². The van der Waals surface area contributed by atoms with Crippen molar-refractivity contribution in [2.45, 2.75) is 70.6 Å². The van der Waals surface area contributed by atoms with Gasteiger partial charge in [0.05, 0.1) is 45.9 Å². The second-order valence-corrected chi connectivity index (χ2v) is 11.4. The van der Waals surface area contributed by atoms with Gasteiger partial charge in [-0.1, -0.05) is 37.0 Å². The van der Waals surface area contributed by atoms with Gasteiger partial charge < -0.3 is 10.0 Å². The number of carbonyl (C=O) groups is 3. The van der Waals surface area contributed by atoms with Crippen LogP contribution in [0.15, 0.2) is 18.6 Å². The predicted molar refractivity (Wildman–Crippen MR) is 132 cm³/mol. The molecule has 4 rings (SSSR count). The summed E-state index contributed by atoms with van der Waals surface area (Å²) in [4.78, 5) is 43.2. The second-order valence-electron chi connectivity index (χ2n) is 10.6. The SMILES string of the molecule is CC1(C)CC[C@H]1N(CC(=O)c1c(Cl)cncc1Cl)C(=O)c1cnn([C@H]2CC[C@@H](C(=O)O)CC2)c1C(F)(F)F. The Kier molecular flexibility index (Phi) is 7.82. The molecule has 2 aromatic heterocycles. The summed E-state index contributed by atoms with van der Waals surface area (Å²) >= 11 is 12.2. The highest BCUT2D eigenvalue weighted by Crippen LogP contribution is 2.45. The van der Waals surface area contributed by atoms with E-state index in [-0.39, 0.29) is 41.3 Å². The van der Waals surface area contributed by atoms with Gasteiger partial charge in [-0.05, 0) is 43.9 Å². The standard InChI is InChI=1S/C25H27Cl2F3N4O4/c1-24(2)8-7-19(24)33(12-18(35)20-16(26)10-31-11-17(20)27)22(36)15-9-32-34(21(15)25(28,29)30)14-5-3-13(4-6-14)23(37)38/h9-11,13-14,19H,3-8,12H2,1-2H3,(H,37,38)/t13-,14+,19-/m1/s1. The van der Waals surface area contributed by atoms with Gasteiger partial charge in [-0.3, -0.25) is 24.0 Å². The number of carboxylic acid groups (broad SMARTS) is 1. The van der Waals surface area contributed by atoms with Gasteiger partial charge in [-0.15, -0.1) is 0 Å². The molecule has 2 aliphatic carbocycles. The van der Waals surface area contributed by atoms with Crippen molar-refractivity contribution in [1.29, 1.82) is 0 Å². The number of halogens is 5. The Morgan fingerprint density at radius 3 is 2.16 bits per heavy atom. The number of hydrogen-bond donors (Lipinski definition) is 1. The minimum absolute atomic E-state index is 0.0245. The summed E-state index contributed by atoms with van der Waals surface area (Å²) in [5.41, 5.74) is -2.33. The summed E-state index contributed by atoms with van der Waals surface area (Å²) in [7, 11) is 0. The molecule has 0 aromatic carbocycles. The number of aromatic nitrogens is 3. The molecule has 206 valence electrons. The van der Waals surface area contributed by atoms with Crippen LogP contribution in [0.5, 0.6) is 0 Å². The molecule has 0 saturated heterocycles. The first kappa shape index (κ1) is 28.4. The zero-order chi connectivity index (χ0) is 28.0. The summed E-state index contributed by atoms with van der Waals surface area (Å²) in [5.74, 6) is -3.18. The number of hydrogen-bond acceptors (Lipinski definition) is 5. The Balaban J connectivity index is 1.70. The number of amides is 1. The van der Waals surface area contributed by atoms with E-state index in [4.69, 9.17) is 23.2 Å². The number of rotatable bonds is 7. The van der Waals surface area contributed by atoms with Crippen molar-refractivity contribution < 1.29 is 32.7 Å². The molecule has 0 radical (unpaired) electrons. The average molecular weight is 575 g/mol. The van der Waals surface area contributed by atoms with E-state index >= 15 is 0 Å². The maximum atomic E-state index is 14.4. The summed E-state index contributed by atoms with van der Waals surface area (Å²) in [6, 6.07) is -1.19. The molecule has 8 nitrogen and oxygen atoms in total. The van der Waals surface area contributed by atoms with Gasteiger partial charge in [-0.25, -0.2) is 0 Å². The second kappa shape index (κ2) is 10.5. The monoisotopic (exact) mass is 574 g/mol. The lowest BCUT2D eigenvalue weighted by atomic mass is 9.66. The van der Waals surface area contributed by atoms with Crippen LogP contribution in [0.25, 0.3) is 0 Å². The molecule has 2 saturated carbocycles. The highest BCUT2D eigenvalue weighted by molar-refractivity contribution is 6.39. The zero-order valence-corrected chi connectivity index (χ0v) is 22.3. The smallest absolute Gasteiger partial charge is 0.433 e. The lowest BCUT2D eigenvalue weighted by Crippen LogP contribution is -2.56. The van der Waals surface area contributed by atoms with E-state index in [1.807, 2.05) is 13.8 Å². The third-order valence-corrected chi connectivity index (χ3v) is 8.31. The first-order valence-corrected chi connectivity index (χ1v) is 13.0. The number of nitrogens with zero attached hydrogens (tertiary/aromatic N) is 4. The van der Waals surface area contributed by atoms with Crippen molar-refractivity contribution >= 4 is 40.9 Å². The van der Waals surface area contributed by atoms with E-state index in [2.05, 4.69) is 10.1 Å². The number of ketones is 1. The zero-order valence-electron chi connectivity index (χ0n) is 20.8. The lowest BCUT2D eigenvalue weighted by molar-refractivity contribution is -0.147. The van der Waals surface area contributed by atoms with Gasteiger partial charge in [-0.2, -0.15) is 18.3 Å². The molecule has 0 spiro atoms. The van der Waals surface area contributed by atoms with Crippen LogP contribution < -0.4 is 0 Å². The third-order valence-electron chi connectivity index (χ3n) is 7.73. The maximum absolute atomic E-state index is 14.4. The van der Waals surface area contributed by atoms with E-state index < -0.39 is 65.1 Å². The lowest BCUT2D eigenvalue weighted by Gasteiger charge is -2.50. The van der Waals surface area contributed by atoms with Crippen LogP contribution in [-0.2, 0) is 11.0 Å².